The van der Waals surface area contributed by atoms with Gasteiger partial charge >= 0.3 is 0 Å². The molecule has 8 heteroatoms. The van der Waals surface area contributed by atoms with E-state index in [-0.39, 0.29) is 17.9 Å². The zero-order chi connectivity index (χ0) is 23.7. The molecule has 2 saturated heterocycles. The summed E-state index contributed by atoms with van der Waals surface area (Å²) < 4.78 is 2.16. The molecular weight excluding hydrogens is 458 g/mol. The van der Waals surface area contributed by atoms with Gasteiger partial charge in [-0.2, -0.15) is 0 Å². The van der Waals surface area contributed by atoms with E-state index in [0.717, 1.165) is 53.2 Å². The molecule has 3 aliphatic heterocycles. The average Bonchev–Trinajstić information content (AvgIpc) is 3.51. The Bertz CT molecular complexity index is 1460. The molecule has 5 heterocycles. The van der Waals surface area contributed by atoms with Gasteiger partial charge in [-0.1, -0.05) is 17.7 Å². The summed E-state index contributed by atoms with van der Waals surface area (Å²) in [6.45, 7) is 6.04. The lowest BCUT2D eigenvalue weighted by Gasteiger charge is -2.53. The van der Waals surface area contributed by atoms with Gasteiger partial charge in [-0.05, 0) is 43.3 Å². The number of rotatable bonds is 4. The third kappa shape index (κ3) is 3.31. The predicted molar refractivity (Wildman–Crippen MR) is 135 cm³/mol. The van der Waals surface area contributed by atoms with E-state index in [1.807, 2.05) is 28.0 Å². The van der Waals surface area contributed by atoms with E-state index in [1.165, 1.54) is 5.56 Å². The minimum absolute atomic E-state index is 0.0721. The van der Waals surface area contributed by atoms with Crippen LogP contribution in [-0.4, -0.2) is 74.3 Å². The lowest BCUT2D eigenvalue weighted by molar-refractivity contribution is -0.0364. The quantitative estimate of drug-likeness (QED) is 0.445. The molecule has 4 aromatic rings. The van der Waals surface area contributed by atoms with Gasteiger partial charge < -0.3 is 14.4 Å². The zero-order valence-electron chi connectivity index (χ0n) is 19.4. The van der Waals surface area contributed by atoms with Gasteiger partial charge in [0.25, 0.3) is 11.8 Å². The maximum atomic E-state index is 13.1. The standard InChI is InChI=1S/C27H25N5O2S/c1-17-2-5-20(6-3-17)31-9-8-18-10-19(4-7-23(18)31)26(33)30-11-21(12-30)29-13-22(14-29)32-15-24-25(27(32)34)28-16-35-24/h2-10,16,21-22H,11-15H2,1H3. The molecule has 7 rings (SSSR count). The molecule has 2 aromatic heterocycles. The third-order valence-electron chi connectivity index (χ3n) is 7.66. The van der Waals surface area contributed by atoms with Gasteiger partial charge in [0.15, 0.2) is 0 Å². The fourth-order valence-corrected chi connectivity index (χ4v) is 6.19. The Morgan fingerprint density at radius 1 is 1.00 bits per heavy atom. The second-order valence-corrected chi connectivity index (χ2v) is 10.8. The van der Waals surface area contributed by atoms with E-state index in [4.69, 9.17) is 0 Å². The molecule has 0 radical (unpaired) electrons. The van der Waals surface area contributed by atoms with Crippen LogP contribution in [0.4, 0.5) is 0 Å². The highest BCUT2D eigenvalue weighted by atomic mass is 32.1. The van der Waals surface area contributed by atoms with Crippen LogP contribution in [0, 0.1) is 6.92 Å². The van der Waals surface area contributed by atoms with Gasteiger partial charge in [0.05, 0.1) is 28.5 Å². The average molecular weight is 484 g/mol. The van der Waals surface area contributed by atoms with E-state index in [1.54, 1.807) is 16.8 Å². The molecule has 2 fully saturated rings. The van der Waals surface area contributed by atoms with Gasteiger partial charge in [0.1, 0.15) is 5.69 Å². The molecule has 0 atom stereocenters. The van der Waals surface area contributed by atoms with Crippen molar-refractivity contribution in [2.75, 3.05) is 26.2 Å². The molecule has 0 aliphatic carbocycles. The Morgan fingerprint density at radius 2 is 1.80 bits per heavy atom. The Labute approximate surface area is 207 Å². The van der Waals surface area contributed by atoms with E-state index < -0.39 is 0 Å². The van der Waals surface area contributed by atoms with E-state index in [2.05, 4.69) is 57.9 Å². The molecule has 3 aliphatic rings. The van der Waals surface area contributed by atoms with Crippen molar-refractivity contribution < 1.29 is 9.59 Å². The number of nitrogens with zero attached hydrogens (tertiary/aromatic N) is 5. The van der Waals surface area contributed by atoms with Crippen LogP contribution in [0.5, 0.6) is 0 Å². The van der Waals surface area contributed by atoms with Crippen molar-refractivity contribution in [3.8, 4) is 5.69 Å². The number of carbonyl (C=O) groups is 2. The normalized spacial score (nSPS) is 18.7. The van der Waals surface area contributed by atoms with Crippen LogP contribution in [-0.2, 0) is 6.54 Å². The number of benzene rings is 2. The highest BCUT2D eigenvalue weighted by molar-refractivity contribution is 7.10. The largest absolute Gasteiger partial charge is 0.335 e. The van der Waals surface area contributed by atoms with Crippen molar-refractivity contribution in [2.24, 2.45) is 0 Å². The Kier molecular flexibility index (Phi) is 4.62. The van der Waals surface area contributed by atoms with Crippen molar-refractivity contribution in [1.82, 2.24) is 24.3 Å². The summed E-state index contributed by atoms with van der Waals surface area (Å²) in [5, 5.41) is 1.07. The number of aromatic nitrogens is 2. The summed E-state index contributed by atoms with van der Waals surface area (Å²) in [7, 11) is 0. The van der Waals surface area contributed by atoms with E-state index in [9.17, 15) is 9.59 Å². The van der Waals surface area contributed by atoms with Crippen LogP contribution < -0.4 is 0 Å². The Balaban J connectivity index is 0.970. The first-order valence-corrected chi connectivity index (χ1v) is 12.9. The van der Waals surface area contributed by atoms with Gasteiger partial charge in [-0.25, -0.2) is 4.98 Å². The molecule has 176 valence electrons. The first-order valence-electron chi connectivity index (χ1n) is 12.0. The summed E-state index contributed by atoms with van der Waals surface area (Å²) >= 11 is 1.56. The minimum Gasteiger partial charge on any atom is -0.335 e. The van der Waals surface area contributed by atoms with Crippen molar-refractivity contribution in [3.63, 3.8) is 0 Å². The lowest BCUT2D eigenvalue weighted by atomic mass is 9.97. The fraction of sp³-hybridized carbons (Fsp3) is 0.296. The van der Waals surface area contributed by atoms with Crippen molar-refractivity contribution >= 4 is 34.1 Å². The van der Waals surface area contributed by atoms with Crippen LogP contribution in [0.3, 0.4) is 0 Å². The van der Waals surface area contributed by atoms with E-state index in [0.29, 0.717) is 18.3 Å². The third-order valence-corrected chi connectivity index (χ3v) is 8.48. The second-order valence-electron chi connectivity index (χ2n) is 9.82. The molecule has 2 amide bonds. The van der Waals surface area contributed by atoms with Crippen molar-refractivity contribution in [1.29, 1.82) is 0 Å². The number of hydrogen-bond acceptors (Lipinski definition) is 5. The smallest absolute Gasteiger partial charge is 0.274 e. The zero-order valence-corrected chi connectivity index (χ0v) is 20.2. The predicted octanol–water partition coefficient (Wildman–Crippen LogP) is 3.56. The summed E-state index contributed by atoms with van der Waals surface area (Å²) in [6, 6.07) is 17.1. The molecule has 2 aromatic carbocycles. The number of hydrogen-bond donors (Lipinski definition) is 0. The molecule has 0 spiro atoms. The first kappa shape index (κ1) is 20.8. The van der Waals surface area contributed by atoms with Crippen LogP contribution >= 0.6 is 11.3 Å². The van der Waals surface area contributed by atoms with E-state index >= 15 is 0 Å². The highest BCUT2D eigenvalue weighted by Gasteiger charge is 2.45. The molecule has 0 bridgehead atoms. The molecule has 7 nitrogen and oxygen atoms in total. The molecule has 0 N–H and O–H groups in total. The van der Waals surface area contributed by atoms with Gasteiger partial charge in [-0.15, -0.1) is 11.3 Å². The summed E-state index contributed by atoms with van der Waals surface area (Å²) in [6.07, 6.45) is 2.06. The summed E-state index contributed by atoms with van der Waals surface area (Å²) in [5.41, 5.74) is 6.58. The molecule has 0 saturated carbocycles. The topological polar surface area (TPSA) is 61.7 Å². The molecule has 0 unspecified atom stereocenters. The second kappa shape index (κ2) is 7.76. The van der Waals surface area contributed by atoms with Crippen LogP contribution in [0.15, 0.2) is 60.2 Å². The number of likely N-dealkylation sites (tertiary alicyclic amines) is 2. The molecule has 35 heavy (non-hydrogen) atoms. The van der Waals surface area contributed by atoms with Crippen LogP contribution in [0.2, 0.25) is 0 Å². The van der Waals surface area contributed by atoms with Gasteiger partial charge in [0, 0.05) is 55.1 Å². The summed E-state index contributed by atoms with van der Waals surface area (Å²) in [4.78, 5) is 37.2. The highest BCUT2D eigenvalue weighted by Crippen LogP contribution is 2.32. The Morgan fingerprint density at radius 3 is 2.57 bits per heavy atom. The van der Waals surface area contributed by atoms with Gasteiger partial charge in [-0.3, -0.25) is 14.5 Å². The monoisotopic (exact) mass is 483 g/mol. The fourth-order valence-electron chi connectivity index (χ4n) is 5.44. The Hall–Kier alpha value is -3.49. The minimum atomic E-state index is 0.0721. The first-order chi connectivity index (χ1) is 17.0. The molecular formula is C27H25N5O2S. The maximum absolute atomic E-state index is 13.1. The number of amides is 2. The number of carbonyl (C=O) groups excluding carboxylic acids is 2. The maximum Gasteiger partial charge on any atom is 0.274 e. The van der Waals surface area contributed by atoms with Gasteiger partial charge in [0.2, 0.25) is 0 Å². The summed E-state index contributed by atoms with van der Waals surface area (Å²) in [5.74, 6) is 0.163. The van der Waals surface area contributed by atoms with Crippen LogP contribution in [0.1, 0.15) is 31.3 Å². The van der Waals surface area contributed by atoms with Crippen molar-refractivity contribution in [3.05, 3.63) is 81.9 Å². The number of thiazole rings is 1. The van der Waals surface area contributed by atoms with Crippen molar-refractivity contribution in [2.45, 2.75) is 25.6 Å². The number of fused-ring (bicyclic) bond motifs is 2. The number of aryl methyl sites for hydroxylation is 1. The van der Waals surface area contributed by atoms with Crippen LogP contribution in [0.25, 0.3) is 16.6 Å². The lowest BCUT2D eigenvalue weighted by Crippen LogP contribution is -2.70. The SMILES string of the molecule is Cc1ccc(-n2ccc3cc(C(=O)N4CC(N5CC(N6Cc7scnc7C6=O)C5)C4)ccc32)cc1.